The first-order valence-corrected chi connectivity index (χ1v) is 4.35. The van der Waals surface area contributed by atoms with Crippen LogP contribution < -0.4 is 0 Å². The van der Waals surface area contributed by atoms with Crippen molar-refractivity contribution in [3.8, 4) is 0 Å². The SMILES string of the molecule is CC1(C)O[C@@H]2[C@H]3O[C@@H]3C=C[C@@H]2O1. The zero-order valence-electron chi connectivity index (χ0n) is 7.19. The largest absolute Gasteiger partial charge is 0.362 e. The lowest BCUT2D eigenvalue weighted by Crippen LogP contribution is -2.30. The molecule has 0 bridgehead atoms. The summed E-state index contributed by atoms with van der Waals surface area (Å²) in [5, 5.41) is 0. The molecule has 0 radical (unpaired) electrons. The third kappa shape index (κ3) is 0.873. The van der Waals surface area contributed by atoms with E-state index < -0.39 is 5.79 Å². The Kier molecular flexibility index (Phi) is 1.13. The Labute approximate surface area is 71.3 Å². The van der Waals surface area contributed by atoms with E-state index in [1.165, 1.54) is 0 Å². The highest BCUT2D eigenvalue weighted by molar-refractivity contribution is 5.18. The van der Waals surface area contributed by atoms with Crippen LogP contribution in [-0.2, 0) is 14.2 Å². The smallest absolute Gasteiger partial charge is 0.164 e. The van der Waals surface area contributed by atoms with Crippen molar-refractivity contribution in [3.63, 3.8) is 0 Å². The Morgan fingerprint density at radius 3 is 2.58 bits per heavy atom. The molecule has 4 atom stereocenters. The van der Waals surface area contributed by atoms with Gasteiger partial charge in [-0.1, -0.05) is 12.2 Å². The highest BCUT2D eigenvalue weighted by Crippen LogP contribution is 2.42. The van der Waals surface area contributed by atoms with Gasteiger partial charge in [-0.25, -0.2) is 0 Å². The third-order valence-electron chi connectivity index (χ3n) is 2.54. The number of ether oxygens (including phenoxy) is 3. The summed E-state index contributed by atoms with van der Waals surface area (Å²) in [6.07, 6.45) is 4.88. The van der Waals surface area contributed by atoms with Crippen molar-refractivity contribution in [1.29, 1.82) is 0 Å². The van der Waals surface area contributed by atoms with E-state index in [-0.39, 0.29) is 18.3 Å². The minimum Gasteiger partial charge on any atom is -0.362 e. The molecule has 0 aromatic carbocycles. The molecule has 66 valence electrons. The molecule has 3 aliphatic rings. The average Bonchev–Trinajstić information content (AvgIpc) is 2.67. The van der Waals surface area contributed by atoms with Crippen molar-refractivity contribution >= 4 is 0 Å². The second-order valence-corrected chi connectivity index (χ2v) is 4.01. The first kappa shape index (κ1) is 7.06. The Morgan fingerprint density at radius 1 is 1.00 bits per heavy atom. The molecule has 0 aromatic heterocycles. The van der Waals surface area contributed by atoms with Crippen LogP contribution in [0.15, 0.2) is 12.2 Å². The number of rotatable bonds is 0. The molecule has 0 aromatic rings. The zero-order chi connectivity index (χ0) is 8.34. The summed E-state index contributed by atoms with van der Waals surface area (Å²) in [4.78, 5) is 0. The number of hydrogen-bond acceptors (Lipinski definition) is 3. The monoisotopic (exact) mass is 168 g/mol. The lowest BCUT2D eigenvalue weighted by molar-refractivity contribution is -0.144. The van der Waals surface area contributed by atoms with Crippen molar-refractivity contribution in [1.82, 2.24) is 0 Å². The van der Waals surface area contributed by atoms with Crippen LogP contribution in [0.1, 0.15) is 13.8 Å². The molecule has 1 aliphatic carbocycles. The van der Waals surface area contributed by atoms with Gasteiger partial charge in [0.25, 0.3) is 0 Å². The topological polar surface area (TPSA) is 31.0 Å². The molecule has 0 amide bonds. The maximum Gasteiger partial charge on any atom is 0.164 e. The fourth-order valence-electron chi connectivity index (χ4n) is 1.99. The summed E-state index contributed by atoms with van der Waals surface area (Å²) in [5.74, 6) is -0.444. The summed E-state index contributed by atoms with van der Waals surface area (Å²) in [6, 6.07) is 0. The minimum atomic E-state index is -0.444. The maximum atomic E-state index is 5.71. The van der Waals surface area contributed by atoms with Crippen molar-refractivity contribution < 1.29 is 14.2 Å². The number of hydrogen-bond donors (Lipinski definition) is 0. The van der Waals surface area contributed by atoms with Gasteiger partial charge in [0.1, 0.15) is 24.4 Å². The van der Waals surface area contributed by atoms with Crippen molar-refractivity contribution in [2.75, 3.05) is 0 Å². The second kappa shape index (κ2) is 1.92. The van der Waals surface area contributed by atoms with Crippen LogP contribution in [0.2, 0.25) is 0 Å². The van der Waals surface area contributed by atoms with Crippen LogP contribution in [0.3, 0.4) is 0 Å². The minimum absolute atomic E-state index is 0.101. The molecule has 3 nitrogen and oxygen atoms in total. The van der Waals surface area contributed by atoms with E-state index in [9.17, 15) is 0 Å². The molecule has 12 heavy (non-hydrogen) atoms. The van der Waals surface area contributed by atoms with Gasteiger partial charge < -0.3 is 14.2 Å². The van der Waals surface area contributed by atoms with Crippen molar-refractivity contribution in [3.05, 3.63) is 12.2 Å². The summed E-state index contributed by atoms with van der Waals surface area (Å²) in [6.45, 7) is 3.88. The van der Waals surface area contributed by atoms with Gasteiger partial charge in [-0.3, -0.25) is 0 Å². The van der Waals surface area contributed by atoms with Crippen LogP contribution >= 0.6 is 0 Å². The van der Waals surface area contributed by atoms with Crippen LogP contribution in [0.4, 0.5) is 0 Å². The number of epoxide rings is 1. The molecular formula is C9H12O3. The fraction of sp³-hybridized carbons (Fsp3) is 0.778. The summed E-state index contributed by atoms with van der Waals surface area (Å²) < 4.78 is 16.8. The molecule has 0 N–H and O–H groups in total. The van der Waals surface area contributed by atoms with Crippen molar-refractivity contribution in [2.24, 2.45) is 0 Å². The van der Waals surface area contributed by atoms with E-state index in [0.717, 1.165) is 0 Å². The molecule has 0 unspecified atom stereocenters. The van der Waals surface area contributed by atoms with Gasteiger partial charge in [-0.15, -0.1) is 0 Å². The Hall–Kier alpha value is -0.380. The van der Waals surface area contributed by atoms with Gasteiger partial charge in [0, 0.05) is 0 Å². The predicted octanol–water partition coefficient (Wildman–Crippen LogP) is 0.844. The van der Waals surface area contributed by atoms with Crippen LogP contribution in [0, 0.1) is 0 Å². The maximum absolute atomic E-state index is 5.71. The van der Waals surface area contributed by atoms with Gasteiger partial charge in [-0.2, -0.15) is 0 Å². The molecule has 2 aliphatic heterocycles. The Bertz CT molecular complexity index is 246. The number of fused-ring (bicyclic) bond motifs is 3. The van der Waals surface area contributed by atoms with Gasteiger partial charge in [0.15, 0.2) is 5.79 Å². The van der Waals surface area contributed by atoms with E-state index in [1.807, 2.05) is 19.9 Å². The summed E-state index contributed by atoms with van der Waals surface area (Å²) >= 11 is 0. The predicted molar refractivity (Wildman–Crippen MR) is 41.6 cm³/mol. The average molecular weight is 168 g/mol. The van der Waals surface area contributed by atoms with Gasteiger partial charge >= 0.3 is 0 Å². The Morgan fingerprint density at radius 2 is 1.75 bits per heavy atom. The van der Waals surface area contributed by atoms with Crippen LogP contribution in [0.25, 0.3) is 0 Å². The molecule has 0 spiro atoms. The quantitative estimate of drug-likeness (QED) is 0.397. The lowest BCUT2D eigenvalue weighted by atomic mass is 10.0. The summed E-state index contributed by atoms with van der Waals surface area (Å²) in [5.41, 5.74) is 0. The van der Waals surface area contributed by atoms with E-state index in [2.05, 4.69) is 6.08 Å². The third-order valence-corrected chi connectivity index (χ3v) is 2.54. The van der Waals surface area contributed by atoms with Crippen LogP contribution in [-0.4, -0.2) is 30.2 Å². The highest BCUT2D eigenvalue weighted by Gasteiger charge is 2.56. The van der Waals surface area contributed by atoms with Crippen LogP contribution in [0.5, 0.6) is 0 Å². The van der Waals surface area contributed by atoms with Gasteiger partial charge in [0.2, 0.25) is 0 Å². The molecule has 3 heteroatoms. The lowest BCUT2D eigenvalue weighted by Gasteiger charge is -2.15. The highest BCUT2D eigenvalue weighted by atomic mass is 16.8. The molecule has 2 saturated heterocycles. The van der Waals surface area contributed by atoms with E-state index in [4.69, 9.17) is 14.2 Å². The molecule has 2 heterocycles. The normalized spacial score (nSPS) is 53.2. The standard InChI is InChI=1S/C9H12O3/c1-9(2)11-6-4-3-5-7(10-5)8(6)12-9/h3-8H,1-2H3/t5-,6+,7+,8+/m1/s1. The van der Waals surface area contributed by atoms with E-state index in [0.29, 0.717) is 6.10 Å². The molecule has 2 fully saturated rings. The first-order chi connectivity index (χ1) is 5.66. The fourth-order valence-corrected chi connectivity index (χ4v) is 1.99. The van der Waals surface area contributed by atoms with Crippen molar-refractivity contribution in [2.45, 2.75) is 44.1 Å². The second-order valence-electron chi connectivity index (χ2n) is 4.01. The molecule has 0 saturated carbocycles. The van der Waals surface area contributed by atoms with E-state index in [1.54, 1.807) is 0 Å². The molecular weight excluding hydrogens is 156 g/mol. The Balaban J connectivity index is 1.88. The van der Waals surface area contributed by atoms with Gasteiger partial charge in [0.05, 0.1) is 0 Å². The first-order valence-electron chi connectivity index (χ1n) is 4.35. The summed E-state index contributed by atoms with van der Waals surface area (Å²) in [7, 11) is 0. The van der Waals surface area contributed by atoms with E-state index >= 15 is 0 Å². The van der Waals surface area contributed by atoms with Gasteiger partial charge in [-0.05, 0) is 13.8 Å². The zero-order valence-corrected chi connectivity index (χ0v) is 7.19. The molecule has 3 rings (SSSR count).